The van der Waals surface area contributed by atoms with E-state index in [1.165, 1.54) is 31.7 Å². The Labute approximate surface area is 102 Å². The molecule has 1 N–H and O–H groups in total. The maximum Gasteiger partial charge on any atom is 0.292 e. The molecule has 1 aromatic heterocycles. The Morgan fingerprint density at radius 2 is 2.39 bits per heavy atom. The molecule has 0 unspecified atom stereocenters. The van der Waals surface area contributed by atoms with Gasteiger partial charge in [-0.3, -0.25) is 10.1 Å². The van der Waals surface area contributed by atoms with Crippen molar-refractivity contribution in [3.05, 3.63) is 40.5 Å². The van der Waals surface area contributed by atoms with E-state index in [0.29, 0.717) is 17.3 Å². The quantitative estimate of drug-likeness (QED) is 0.634. The van der Waals surface area contributed by atoms with Gasteiger partial charge in [0.25, 0.3) is 5.69 Å². The van der Waals surface area contributed by atoms with Gasteiger partial charge in [0.2, 0.25) is 6.39 Å². The predicted octanol–water partition coefficient (Wildman–Crippen LogP) is 1.60. The summed E-state index contributed by atoms with van der Waals surface area (Å²) in [6.07, 6.45) is 1.19. The van der Waals surface area contributed by atoms with Gasteiger partial charge >= 0.3 is 0 Å². The summed E-state index contributed by atoms with van der Waals surface area (Å²) in [5.74, 6) is 0.934. The summed E-state index contributed by atoms with van der Waals surface area (Å²) in [7, 11) is 1.49. The van der Waals surface area contributed by atoms with E-state index in [9.17, 15) is 10.1 Å². The number of hydrogen-bond donors (Lipinski definition) is 1. The highest BCUT2D eigenvalue weighted by Gasteiger charge is 2.14. The molecule has 2 rings (SSSR count). The molecule has 0 aliphatic heterocycles. The lowest BCUT2D eigenvalue weighted by molar-refractivity contribution is -0.384. The van der Waals surface area contributed by atoms with Gasteiger partial charge in [-0.05, 0) is 6.07 Å². The van der Waals surface area contributed by atoms with Gasteiger partial charge in [-0.15, -0.1) is 0 Å². The molecule has 0 aliphatic carbocycles. The normalized spacial score (nSPS) is 10.1. The van der Waals surface area contributed by atoms with Gasteiger partial charge in [-0.1, -0.05) is 5.16 Å². The first kappa shape index (κ1) is 11.8. The Kier molecular flexibility index (Phi) is 3.37. The summed E-state index contributed by atoms with van der Waals surface area (Å²) < 4.78 is 9.58. The van der Waals surface area contributed by atoms with Crippen LogP contribution < -0.4 is 10.1 Å². The largest absolute Gasteiger partial charge is 0.497 e. The van der Waals surface area contributed by atoms with Gasteiger partial charge in [-0.2, -0.15) is 4.98 Å². The molecule has 0 spiro atoms. The molecule has 0 aliphatic rings. The SMILES string of the molecule is COc1ccc([N+](=O)[O-])c(NCc2ncon2)c1. The van der Waals surface area contributed by atoms with E-state index in [-0.39, 0.29) is 12.2 Å². The van der Waals surface area contributed by atoms with Gasteiger partial charge < -0.3 is 14.6 Å². The Hall–Kier alpha value is -2.64. The van der Waals surface area contributed by atoms with Crippen molar-refractivity contribution in [1.29, 1.82) is 0 Å². The molecule has 94 valence electrons. The molecule has 0 saturated heterocycles. The Morgan fingerprint density at radius 3 is 3.00 bits per heavy atom. The van der Waals surface area contributed by atoms with Gasteiger partial charge in [-0.25, -0.2) is 0 Å². The standard InChI is InChI=1S/C10H10N4O4/c1-17-7-2-3-9(14(15)16)8(4-7)11-5-10-12-6-18-13-10/h2-4,6,11H,5H2,1H3. The number of ether oxygens (including phenoxy) is 1. The van der Waals surface area contributed by atoms with Crippen molar-refractivity contribution in [3.8, 4) is 5.75 Å². The molecule has 18 heavy (non-hydrogen) atoms. The summed E-state index contributed by atoms with van der Waals surface area (Å²) in [5.41, 5.74) is 0.295. The fourth-order valence-corrected chi connectivity index (χ4v) is 1.39. The maximum atomic E-state index is 10.9. The molecular weight excluding hydrogens is 240 g/mol. The molecule has 0 radical (unpaired) electrons. The van der Waals surface area contributed by atoms with Gasteiger partial charge in [0, 0.05) is 12.1 Å². The van der Waals surface area contributed by atoms with Crippen molar-refractivity contribution in [2.75, 3.05) is 12.4 Å². The maximum absolute atomic E-state index is 10.9. The Balaban J connectivity index is 2.20. The fourth-order valence-electron chi connectivity index (χ4n) is 1.39. The van der Waals surface area contributed by atoms with Crippen LogP contribution in [0.1, 0.15) is 5.82 Å². The molecule has 2 aromatic rings. The zero-order valence-electron chi connectivity index (χ0n) is 9.49. The van der Waals surface area contributed by atoms with E-state index in [2.05, 4.69) is 20.0 Å². The third-order valence-corrected chi connectivity index (χ3v) is 2.24. The van der Waals surface area contributed by atoms with Gasteiger partial charge in [0.15, 0.2) is 5.82 Å². The smallest absolute Gasteiger partial charge is 0.292 e. The minimum atomic E-state index is -0.474. The topological polar surface area (TPSA) is 103 Å². The van der Waals surface area contributed by atoms with Crippen LogP contribution in [0.3, 0.4) is 0 Å². The van der Waals surface area contributed by atoms with E-state index in [4.69, 9.17) is 4.74 Å². The van der Waals surface area contributed by atoms with Crippen LogP contribution in [0.5, 0.6) is 5.75 Å². The third kappa shape index (κ3) is 2.54. The Morgan fingerprint density at radius 1 is 1.56 bits per heavy atom. The summed E-state index contributed by atoms with van der Waals surface area (Å²) in [6.45, 7) is 0.227. The molecule has 8 heteroatoms. The molecule has 0 atom stereocenters. The zero-order valence-corrected chi connectivity index (χ0v) is 9.49. The van der Waals surface area contributed by atoms with Crippen LogP contribution in [-0.4, -0.2) is 22.2 Å². The highest BCUT2D eigenvalue weighted by molar-refractivity contribution is 5.64. The number of nitro groups is 1. The minimum absolute atomic E-state index is 0.0423. The molecule has 8 nitrogen and oxygen atoms in total. The monoisotopic (exact) mass is 250 g/mol. The van der Waals surface area contributed by atoms with Gasteiger partial charge in [0.05, 0.1) is 18.6 Å². The number of rotatable bonds is 5. The first-order valence-corrected chi connectivity index (χ1v) is 5.02. The van der Waals surface area contributed by atoms with Crippen LogP contribution in [0.2, 0.25) is 0 Å². The van der Waals surface area contributed by atoms with E-state index in [0.717, 1.165) is 0 Å². The lowest BCUT2D eigenvalue weighted by Crippen LogP contribution is -2.04. The van der Waals surface area contributed by atoms with E-state index < -0.39 is 4.92 Å². The lowest BCUT2D eigenvalue weighted by Gasteiger charge is -2.06. The summed E-state index contributed by atoms with van der Waals surface area (Å²) in [5, 5.41) is 17.3. The van der Waals surface area contributed by atoms with Crippen molar-refractivity contribution in [3.63, 3.8) is 0 Å². The van der Waals surface area contributed by atoms with Crippen LogP contribution in [0.15, 0.2) is 29.1 Å². The van der Waals surface area contributed by atoms with Crippen molar-refractivity contribution >= 4 is 11.4 Å². The van der Waals surface area contributed by atoms with Crippen LogP contribution in [0.4, 0.5) is 11.4 Å². The molecule has 1 aromatic carbocycles. The average Bonchev–Trinajstić information content (AvgIpc) is 2.88. The lowest BCUT2D eigenvalue weighted by atomic mass is 10.2. The number of anilines is 1. The summed E-state index contributed by atoms with van der Waals surface area (Å²) >= 11 is 0. The molecule has 0 saturated carbocycles. The third-order valence-electron chi connectivity index (χ3n) is 2.24. The highest BCUT2D eigenvalue weighted by atomic mass is 16.6. The fraction of sp³-hybridized carbons (Fsp3) is 0.200. The van der Waals surface area contributed by atoms with Crippen LogP contribution in [0, 0.1) is 10.1 Å². The first-order chi connectivity index (χ1) is 8.70. The van der Waals surface area contributed by atoms with E-state index >= 15 is 0 Å². The number of benzene rings is 1. The Bertz CT molecular complexity index is 541. The second kappa shape index (κ2) is 5.13. The number of nitrogens with zero attached hydrogens (tertiary/aromatic N) is 3. The van der Waals surface area contributed by atoms with Crippen LogP contribution >= 0.6 is 0 Å². The second-order valence-corrected chi connectivity index (χ2v) is 3.34. The zero-order chi connectivity index (χ0) is 13.0. The predicted molar refractivity (Wildman–Crippen MR) is 61.3 cm³/mol. The number of methoxy groups -OCH3 is 1. The van der Waals surface area contributed by atoms with Crippen molar-refractivity contribution in [2.24, 2.45) is 0 Å². The minimum Gasteiger partial charge on any atom is -0.497 e. The molecule has 0 bridgehead atoms. The number of hydrogen-bond acceptors (Lipinski definition) is 7. The van der Waals surface area contributed by atoms with Crippen molar-refractivity contribution in [2.45, 2.75) is 6.54 Å². The van der Waals surface area contributed by atoms with E-state index in [1.54, 1.807) is 0 Å². The second-order valence-electron chi connectivity index (χ2n) is 3.34. The first-order valence-electron chi connectivity index (χ1n) is 5.02. The summed E-state index contributed by atoms with van der Waals surface area (Å²) in [4.78, 5) is 14.2. The molecule has 0 fully saturated rings. The van der Waals surface area contributed by atoms with Crippen molar-refractivity contribution < 1.29 is 14.2 Å². The molecule has 0 amide bonds. The number of nitro benzene ring substituents is 1. The average molecular weight is 250 g/mol. The van der Waals surface area contributed by atoms with Crippen molar-refractivity contribution in [1.82, 2.24) is 10.1 Å². The number of nitrogens with one attached hydrogen (secondary N) is 1. The molecule has 1 heterocycles. The molecular formula is C10H10N4O4. The van der Waals surface area contributed by atoms with E-state index in [1.807, 2.05) is 0 Å². The van der Waals surface area contributed by atoms with Crippen LogP contribution in [0.25, 0.3) is 0 Å². The van der Waals surface area contributed by atoms with Gasteiger partial charge in [0.1, 0.15) is 11.4 Å². The highest BCUT2D eigenvalue weighted by Crippen LogP contribution is 2.28. The number of aromatic nitrogens is 2. The summed E-state index contributed by atoms with van der Waals surface area (Å²) in [6, 6.07) is 4.44. The van der Waals surface area contributed by atoms with Crippen LogP contribution in [-0.2, 0) is 6.54 Å².